The standard InChI is InChI=1S/C19H24F2O4/c1-2-3-4-5-6-7-8-11-24-18(22)9-10-19(23)25-17-13-15(20)12-16(21)14-17/h9-10,12-14H,2-8,11H2,1H3/b10-9+. The molecule has 0 radical (unpaired) electrons. The van der Waals surface area contributed by atoms with Gasteiger partial charge in [0.15, 0.2) is 0 Å². The summed E-state index contributed by atoms with van der Waals surface area (Å²) in [5, 5.41) is 0. The third kappa shape index (κ3) is 10.3. The smallest absolute Gasteiger partial charge is 0.336 e. The van der Waals surface area contributed by atoms with E-state index in [9.17, 15) is 18.4 Å². The SMILES string of the molecule is CCCCCCCCCOC(=O)/C=C/C(=O)Oc1cc(F)cc(F)c1. The summed E-state index contributed by atoms with van der Waals surface area (Å²) in [4.78, 5) is 22.9. The first-order valence-corrected chi connectivity index (χ1v) is 8.54. The number of ether oxygens (including phenoxy) is 2. The molecule has 1 aromatic rings. The zero-order valence-corrected chi connectivity index (χ0v) is 14.4. The van der Waals surface area contributed by atoms with Crippen LogP contribution in [0, 0.1) is 11.6 Å². The normalized spacial score (nSPS) is 10.8. The molecule has 0 fully saturated rings. The number of benzene rings is 1. The van der Waals surface area contributed by atoms with Gasteiger partial charge < -0.3 is 9.47 Å². The largest absolute Gasteiger partial charge is 0.463 e. The van der Waals surface area contributed by atoms with Crippen molar-refractivity contribution in [2.75, 3.05) is 6.61 Å². The minimum Gasteiger partial charge on any atom is -0.463 e. The Labute approximate surface area is 146 Å². The van der Waals surface area contributed by atoms with Crippen LogP contribution >= 0.6 is 0 Å². The van der Waals surface area contributed by atoms with Gasteiger partial charge in [-0.1, -0.05) is 45.4 Å². The lowest BCUT2D eigenvalue weighted by atomic mass is 10.1. The van der Waals surface area contributed by atoms with E-state index >= 15 is 0 Å². The number of esters is 2. The predicted octanol–water partition coefficient (Wildman–Crippen LogP) is 4.72. The van der Waals surface area contributed by atoms with Gasteiger partial charge in [-0.05, 0) is 6.42 Å². The monoisotopic (exact) mass is 354 g/mol. The maximum atomic E-state index is 13.0. The van der Waals surface area contributed by atoms with Crippen LogP contribution in [0.25, 0.3) is 0 Å². The second-order valence-electron chi connectivity index (χ2n) is 5.65. The van der Waals surface area contributed by atoms with Crippen LogP contribution in [-0.2, 0) is 14.3 Å². The molecule has 0 unspecified atom stereocenters. The van der Waals surface area contributed by atoms with Gasteiger partial charge in [-0.3, -0.25) is 0 Å². The van der Waals surface area contributed by atoms with Gasteiger partial charge in [0, 0.05) is 30.4 Å². The van der Waals surface area contributed by atoms with E-state index in [-0.39, 0.29) is 5.75 Å². The molecule has 25 heavy (non-hydrogen) atoms. The van der Waals surface area contributed by atoms with Gasteiger partial charge >= 0.3 is 11.9 Å². The van der Waals surface area contributed by atoms with E-state index in [4.69, 9.17) is 9.47 Å². The van der Waals surface area contributed by atoms with E-state index in [1.807, 2.05) is 0 Å². The highest BCUT2D eigenvalue weighted by Gasteiger charge is 2.06. The van der Waals surface area contributed by atoms with E-state index in [1.165, 1.54) is 25.7 Å². The molecule has 6 heteroatoms. The van der Waals surface area contributed by atoms with Crippen LogP contribution in [-0.4, -0.2) is 18.5 Å². The molecule has 0 saturated heterocycles. The topological polar surface area (TPSA) is 52.6 Å². The number of halogens is 2. The Hall–Kier alpha value is -2.24. The predicted molar refractivity (Wildman–Crippen MR) is 90.1 cm³/mol. The van der Waals surface area contributed by atoms with Crippen LogP contribution in [0.15, 0.2) is 30.4 Å². The van der Waals surface area contributed by atoms with Crippen molar-refractivity contribution in [2.24, 2.45) is 0 Å². The van der Waals surface area contributed by atoms with E-state index in [0.29, 0.717) is 12.7 Å². The van der Waals surface area contributed by atoms with E-state index in [2.05, 4.69) is 6.92 Å². The molecule has 0 bridgehead atoms. The molecule has 0 heterocycles. The highest BCUT2D eigenvalue weighted by molar-refractivity contribution is 5.92. The molecule has 0 aliphatic heterocycles. The molecule has 0 aliphatic carbocycles. The molecule has 0 N–H and O–H groups in total. The fraction of sp³-hybridized carbons (Fsp3) is 0.474. The minimum atomic E-state index is -0.919. The fourth-order valence-corrected chi connectivity index (χ4v) is 2.15. The zero-order chi connectivity index (χ0) is 18.5. The Kier molecular flexibility index (Phi) is 10.1. The summed E-state index contributed by atoms with van der Waals surface area (Å²) in [6.07, 6.45) is 9.55. The average Bonchev–Trinajstić information content (AvgIpc) is 2.54. The summed E-state index contributed by atoms with van der Waals surface area (Å²) in [6, 6.07) is 2.40. The summed E-state index contributed by atoms with van der Waals surface area (Å²) in [6.45, 7) is 2.46. The lowest BCUT2D eigenvalue weighted by Crippen LogP contribution is -2.07. The molecular weight excluding hydrogens is 330 g/mol. The molecule has 1 rings (SSSR count). The minimum absolute atomic E-state index is 0.274. The summed E-state index contributed by atoms with van der Waals surface area (Å²) in [5.41, 5.74) is 0. The van der Waals surface area contributed by atoms with Gasteiger partial charge in [-0.15, -0.1) is 0 Å². The first-order chi connectivity index (χ1) is 12.0. The molecular formula is C19H24F2O4. The first kappa shape index (κ1) is 20.8. The Morgan fingerprint density at radius 3 is 2.08 bits per heavy atom. The van der Waals surface area contributed by atoms with Crippen LogP contribution in [0.3, 0.4) is 0 Å². The molecule has 1 aromatic carbocycles. The third-order valence-corrected chi connectivity index (χ3v) is 3.40. The van der Waals surface area contributed by atoms with Gasteiger partial charge in [0.2, 0.25) is 0 Å². The van der Waals surface area contributed by atoms with Crippen LogP contribution in [0.2, 0.25) is 0 Å². The van der Waals surface area contributed by atoms with Crippen molar-refractivity contribution in [1.29, 1.82) is 0 Å². The van der Waals surface area contributed by atoms with Gasteiger partial charge in [0.25, 0.3) is 0 Å². The second-order valence-corrected chi connectivity index (χ2v) is 5.65. The Morgan fingerprint density at radius 2 is 1.44 bits per heavy atom. The Morgan fingerprint density at radius 1 is 0.880 bits per heavy atom. The van der Waals surface area contributed by atoms with Crippen molar-refractivity contribution < 1.29 is 27.8 Å². The Bertz CT molecular complexity index is 565. The highest BCUT2D eigenvalue weighted by atomic mass is 19.1. The van der Waals surface area contributed by atoms with E-state index in [1.54, 1.807) is 0 Å². The maximum Gasteiger partial charge on any atom is 0.336 e. The molecule has 0 atom stereocenters. The number of rotatable bonds is 11. The number of hydrogen-bond acceptors (Lipinski definition) is 4. The van der Waals surface area contributed by atoms with Gasteiger partial charge in [0.1, 0.15) is 17.4 Å². The lowest BCUT2D eigenvalue weighted by Gasteiger charge is -2.03. The Balaban J connectivity index is 2.19. The zero-order valence-electron chi connectivity index (χ0n) is 14.4. The van der Waals surface area contributed by atoms with E-state index in [0.717, 1.165) is 43.5 Å². The average molecular weight is 354 g/mol. The van der Waals surface area contributed by atoms with Crippen LogP contribution in [0.4, 0.5) is 8.78 Å². The lowest BCUT2D eigenvalue weighted by molar-refractivity contribution is -0.138. The molecule has 0 spiro atoms. The first-order valence-electron chi connectivity index (χ1n) is 8.54. The molecule has 0 amide bonds. The molecule has 0 saturated carbocycles. The summed E-state index contributed by atoms with van der Waals surface area (Å²) < 4.78 is 35.6. The van der Waals surface area contributed by atoms with Gasteiger partial charge in [-0.2, -0.15) is 0 Å². The van der Waals surface area contributed by atoms with Crippen molar-refractivity contribution in [3.63, 3.8) is 0 Å². The maximum absolute atomic E-state index is 13.0. The van der Waals surface area contributed by atoms with Gasteiger partial charge in [-0.25, -0.2) is 18.4 Å². The van der Waals surface area contributed by atoms with Crippen LogP contribution in [0.1, 0.15) is 51.9 Å². The van der Waals surface area contributed by atoms with Crippen molar-refractivity contribution in [1.82, 2.24) is 0 Å². The number of carbonyl (C=O) groups is 2. The third-order valence-electron chi connectivity index (χ3n) is 3.40. The molecule has 0 aliphatic rings. The quantitative estimate of drug-likeness (QED) is 0.250. The fourth-order valence-electron chi connectivity index (χ4n) is 2.15. The van der Waals surface area contributed by atoms with E-state index < -0.39 is 23.6 Å². The summed E-state index contributed by atoms with van der Waals surface area (Å²) in [5.74, 6) is -3.57. The molecule has 138 valence electrons. The van der Waals surface area contributed by atoms with Crippen molar-refractivity contribution in [2.45, 2.75) is 51.9 Å². The highest BCUT2D eigenvalue weighted by Crippen LogP contribution is 2.15. The molecule has 4 nitrogen and oxygen atoms in total. The number of hydrogen-bond donors (Lipinski definition) is 0. The summed E-state index contributed by atoms with van der Waals surface area (Å²) >= 11 is 0. The molecule has 0 aromatic heterocycles. The van der Waals surface area contributed by atoms with Crippen LogP contribution in [0.5, 0.6) is 5.75 Å². The van der Waals surface area contributed by atoms with Crippen molar-refractivity contribution in [3.05, 3.63) is 42.0 Å². The number of carbonyl (C=O) groups excluding carboxylic acids is 2. The second kappa shape index (κ2) is 12.2. The summed E-state index contributed by atoms with van der Waals surface area (Å²) in [7, 11) is 0. The van der Waals surface area contributed by atoms with Crippen LogP contribution < -0.4 is 4.74 Å². The number of unbranched alkanes of at least 4 members (excludes halogenated alkanes) is 6. The van der Waals surface area contributed by atoms with Gasteiger partial charge in [0.05, 0.1) is 6.61 Å². The van der Waals surface area contributed by atoms with Crippen molar-refractivity contribution in [3.8, 4) is 5.75 Å². The van der Waals surface area contributed by atoms with Crippen molar-refractivity contribution >= 4 is 11.9 Å².